The van der Waals surface area contributed by atoms with Crippen LogP contribution in [-0.2, 0) is 23.1 Å². The molecule has 12 nitrogen and oxygen atoms in total. The SMILES string of the molecule is CNC(=O)c1cc2c(s1)CCc1cc(C(=O)NC)sc1C2(C[C@@H](C)NCC(=O)N1C(C#N)C[C@@H]2C[C@@H]21)c1nn[nH]n1. The first kappa shape index (κ1) is 27.5. The zero-order chi connectivity index (χ0) is 28.9. The van der Waals surface area contributed by atoms with Gasteiger partial charge in [-0.1, -0.05) is 5.21 Å². The Morgan fingerprint density at radius 2 is 1.93 bits per heavy atom. The minimum absolute atomic E-state index is 0.0697. The molecule has 0 spiro atoms. The Hall–Kier alpha value is -3.67. The van der Waals surface area contributed by atoms with Crippen LogP contribution in [0.4, 0.5) is 0 Å². The van der Waals surface area contributed by atoms with Gasteiger partial charge in [-0.15, -0.1) is 32.9 Å². The van der Waals surface area contributed by atoms with Crippen LogP contribution in [0, 0.1) is 17.2 Å². The van der Waals surface area contributed by atoms with Gasteiger partial charge in [-0.3, -0.25) is 14.4 Å². The summed E-state index contributed by atoms with van der Waals surface area (Å²) in [6.07, 6.45) is 3.57. The van der Waals surface area contributed by atoms with Gasteiger partial charge < -0.3 is 20.9 Å². The molecule has 2 fully saturated rings. The van der Waals surface area contributed by atoms with Gasteiger partial charge in [-0.05, 0) is 68.2 Å². The molecule has 3 amide bonds. The molecule has 14 heteroatoms. The Labute approximate surface area is 244 Å². The van der Waals surface area contributed by atoms with Crippen LogP contribution < -0.4 is 16.0 Å². The summed E-state index contributed by atoms with van der Waals surface area (Å²) in [6.45, 7) is 2.11. The van der Waals surface area contributed by atoms with Crippen LogP contribution in [-0.4, -0.2) is 82.0 Å². The molecule has 3 aliphatic rings. The van der Waals surface area contributed by atoms with Crippen molar-refractivity contribution in [2.75, 3.05) is 20.6 Å². The molecule has 3 aromatic heterocycles. The predicted octanol–water partition coefficient (Wildman–Crippen LogP) is 1.36. The molecule has 4 heterocycles. The average molecular weight is 594 g/mol. The quantitative estimate of drug-likeness (QED) is 0.304. The summed E-state index contributed by atoms with van der Waals surface area (Å²) in [7, 11) is 3.22. The van der Waals surface area contributed by atoms with E-state index in [9.17, 15) is 19.6 Å². The summed E-state index contributed by atoms with van der Waals surface area (Å²) in [6, 6.07) is 5.76. The maximum atomic E-state index is 13.2. The summed E-state index contributed by atoms with van der Waals surface area (Å²) in [4.78, 5) is 43.6. The normalized spacial score (nSPS) is 24.8. The van der Waals surface area contributed by atoms with Gasteiger partial charge in [0.25, 0.3) is 11.8 Å². The number of hydrogen-bond acceptors (Lipinski definition) is 10. The third-order valence-corrected chi connectivity index (χ3v) is 11.0. The maximum Gasteiger partial charge on any atom is 0.261 e. The minimum Gasteiger partial charge on any atom is -0.354 e. The molecule has 0 radical (unpaired) electrons. The van der Waals surface area contributed by atoms with Crippen molar-refractivity contribution in [2.45, 2.75) is 62.6 Å². The second-order valence-electron chi connectivity index (χ2n) is 10.9. The third-order valence-electron chi connectivity index (χ3n) is 8.47. The Morgan fingerprint density at radius 1 is 1.17 bits per heavy atom. The van der Waals surface area contributed by atoms with E-state index in [1.807, 2.05) is 19.1 Å². The monoisotopic (exact) mass is 593 g/mol. The number of nitrogens with one attached hydrogen (secondary N) is 4. The number of hydrogen-bond donors (Lipinski definition) is 4. The van der Waals surface area contributed by atoms with E-state index in [1.165, 1.54) is 22.7 Å². The average Bonchev–Trinajstić information content (AvgIpc) is 3.48. The molecule has 1 saturated heterocycles. The molecule has 0 aromatic carbocycles. The van der Waals surface area contributed by atoms with Gasteiger partial charge in [0.2, 0.25) is 5.91 Å². The molecule has 2 unspecified atom stereocenters. The topological polar surface area (TPSA) is 169 Å². The number of aromatic amines is 1. The van der Waals surface area contributed by atoms with Crippen LogP contribution in [0.15, 0.2) is 12.1 Å². The van der Waals surface area contributed by atoms with Gasteiger partial charge in [0.05, 0.1) is 27.8 Å². The van der Waals surface area contributed by atoms with Crippen LogP contribution in [0.1, 0.15) is 72.2 Å². The Balaban J connectivity index is 1.39. The third kappa shape index (κ3) is 4.61. The maximum absolute atomic E-state index is 13.2. The second kappa shape index (κ2) is 10.6. The van der Waals surface area contributed by atoms with Gasteiger partial charge in [0.1, 0.15) is 6.04 Å². The van der Waals surface area contributed by atoms with Crippen LogP contribution in [0.25, 0.3) is 0 Å². The number of nitriles is 1. The molecule has 41 heavy (non-hydrogen) atoms. The van der Waals surface area contributed by atoms with Gasteiger partial charge in [0, 0.05) is 35.9 Å². The number of likely N-dealkylation sites (tertiary alicyclic amines) is 1. The van der Waals surface area contributed by atoms with Crippen molar-refractivity contribution < 1.29 is 14.4 Å². The van der Waals surface area contributed by atoms with Gasteiger partial charge in [-0.25, -0.2) is 0 Å². The smallest absolute Gasteiger partial charge is 0.261 e. The van der Waals surface area contributed by atoms with Crippen LogP contribution >= 0.6 is 22.7 Å². The highest BCUT2D eigenvalue weighted by Gasteiger charge is 2.54. The second-order valence-corrected chi connectivity index (χ2v) is 13.1. The summed E-state index contributed by atoms with van der Waals surface area (Å²) in [5.41, 5.74) is 1.02. The number of carbonyl (C=O) groups excluding carboxylic acids is 3. The van der Waals surface area contributed by atoms with Crippen molar-refractivity contribution in [2.24, 2.45) is 5.92 Å². The van der Waals surface area contributed by atoms with Crippen molar-refractivity contribution in [3.63, 3.8) is 0 Å². The van der Waals surface area contributed by atoms with Crippen molar-refractivity contribution >= 4 is 40.4 Å². The number of nitrogens with zero attached hydrogens (tertiary/aromatic N) is 5. The molecule has 214 valence electrons. The van der Waals surface area contributed by atoms with Crippen LogP contribution in [0.2, 0.25) is 0 Å². The lowest BCUT2D eigenvalue weighted by Gasteiger charge is -2.34. The van der Waals surface area contributed by atoms with E-state index in [0.717, 1.165) is 33.7 Å². The highest BCUT2D eigenvalue weighted by molar-refractivity contribution is 7.15. The van der Waals surface area contributed by atoms with Crippen molar-refractivity contribution in [3.8, 4) is 6.07 Å². The van der Waals surface area contributed by atoms with Gasteiger partial charge in [0.15, 0.2) is 5.82 Å². The number of rotatable bonds is 8. The van der Waals surface area contributed by atoms with Crippen molar-refractivity contribution in [1.82, 2.24) is 41.5 Å². The lowest BCUT2D eigenvalue weighted by molar-refractivity contribution is -0.131. The fraction of sp³-hybridized carbons (Fsp3) is 0.519. The zero-order valence-corrected chi connectivity index (χ0v) is 24.6. The van der Waals surface area contributed by atoms with E-state index in [-0.39, 0.29) is 42.4 Å². The number of amides is 3. The fourth-order valence-electron chi connectivity index (χ4n) is 6.47. The Morgan fingerprint density at radius 3 is 2.61 bits per heavy atom. The molecule has 2 aliphatic carbocycles. The predicted molar refractivity (Wildman–Crippen MR) is 152 cm³/mol. The fourth-order valence-corrected chi connectivity index (χ4v) is 9.02. The first-order chi connectivity index (χ1) is 19.8. The first-order valence-corrected chi connectivity index (χ1v) is 15.3. The summed E-state index contributed by atoms with van der Waals surface area (Å²) in [5.74, 6) is 0.481. The molecule has 1 aliphatic heterocycles. The zero-order valence-electron chi connectivity index (χ0n) is 23.0. The number of aromatic nitrogens is 4. The number of tetrazole rings is 1. The first-order valence-electron chi connectivity index (χ1n) is 13.7. The number of fused-ring (bicyclic) bond motifs is 3. The molecule has 4 N–H and O–H groups in total. The van der Waals surface area contributed by atoms with Gasteiger partial charge >= 0.3 is 0 Å². The Bertz CT molecular complexity index is 1480. The molecular weight excluding hydrogens is 562 g/mol. The number of aryl methyl sites for hydroxylation is 2. The molecule has 3 aromatic rings. The summed E-state index contributed by atoms with van der Waals surface area (Å²) >= 11 is 2.86. The van der Waals surface area contributed by atoms with Gasteiger partial charge in [-0.2, -0.15) is 10.5 Å². The highest BCUT2D eigenvalue weighted by atomic mass is 32.1. The van der Waals surface area contributed by atoms with Crippen LogP contribution in [0.3, 0.4) is 0 Å². The summed E-state index contributed by atoms with van der Waals surface area (Å²) < 4.78 is 0. The van der Waals surface area contributed by atoms with Crippen LogP contribution in [0.5, 0.6) is 0 Å². The summed E-state index contributed by atoms with van der Waals surface area (Å²) in [5, 5.41) is 33.8. The number of thiophene rings is 2. The highest BCUT2D eigenvalue weighted by Crippen LogP contribution is 2.51. The van der Waals surface area contributed by atoms with E-state index in [2.05, 4.69) is 42.6 Å². The minimum atomic E-state index is -0.923. The van der Waals surface area contributed by atoms with E-state index < -0.39 is 5.41 Å². The molecular formula is C27H31N9O3S2. The van der Waals surface area contributed by atoms with E-state index in [1.54, 1.807) is 19.0 Å². The lowest BCUT2D eigenvalue weighted by atomic mass is 9.73. The molecule has 6 rings (SSSR count). The molecule has 1 saturated carbocycles. The van der Waals surface area contributed by atoms with Crippen molar-refractivity contribution in [1.29, 1.82) is 5.26 Å². The number of piperidine rings is 1. The van der Waals surface area contributed by atoms with E-state index >= 15 is 0 Å². The van der Waals surface area contributed by atoms with E-state index in [4.69, 9.17) is 0 Å². The molecule has 5 atom stereocenters. The van der Waals surface area contributed by atoms with Crippen molar-refractivity contribution in [3.05, 3.63) is 48.6 Å². The van der Waals surface area contributed by atoms with E-state index in [0.29, 0.717) is 40.8 Å². The Kier molecular flexibility index (Phi) is 7.13. The molecule has 0 bridgehead atoms. The number of carbonyl (C=O) groups is 3. The standard InChI is InChI=1S/C27H31N9O3S2/c1-13(31-12-22(37)36-16(11-28)6-15-7-18(15)36)10-27(26-32-34-35-33-26)17-9-21(25(39)30-3)40-19(17)5-4-14-8-20(24(38)29-2)41-23(14)27/h8-9,13,15-16,18,31H,4-7,10,12H2,1-3H3,(H,29,38)(H,30,39)(H,32,33,34,35)/t13-,15-,16?,18+,27?/m1/s1. The lowest BCUT2D eigenvalue weighted by Crippen LogP contribution is -2.46. The largest absolute Gasteiger partial charge is 0.354 e. The number of H-pyrrole nitrogens is 1.